The molecule has 104 valence electrons. The molecule has 0 radical (unpaired) electrons. The summed E-state index contributed by atoms with van der Waals surface area (Å²) in [6.45, 7) is 0.788. The molecule has 4 aromatic carbocycles. The molecule has 1 aliphatic rings. The topological polar surface area (TPSA) is 14.1 Å². The van der Waals surface area contributed by atoms with E-state index >= 15 is 0 Å². The van der Waals surface area contributed by atoms with E-state index in [4.69, 9.17) is 0 Å². The first kappa shape index (κ1) is 14.8. The maximum atomic E-state index is 4.59. The Kier molecular flexibility index (Phi) is 3.65. The molecule has 0 bridgehead atoms. The van der Waals surface area contributed by atoms with Gasteiger partial charge in [0.1, 0.15) is 0 Å². The Balaban J connectivity index is 0.00000135. The molecule has 0 saturated heterocycles. The minimum Gasteiger partial charge on any atom is -0.681 e. The molecule has 0 fully saturated rings. The number of nitrogens with zero attached hydrogens (tertiary/aromatic N) is 1. The molecule has 0 amide bonds. The Morgan fingerprint density at radius 2 is 1.22 bits per heavy atom. The van der Waals surface area contributed by atoms with Gasteiger partial charge in [0.05, 0.1) is 0 Å². The van der Waals surface area contributed by atoms with Crippen molar-refractivity contribution in [2.45, 2.75) is 0 Å². The van der Waals surface area contributed by atoms with Crippen LogP contribution in [0.2, 0.25) is 0 Å². The summed E-state index contributed by atoms with van der Waals surface area (Å²) >= 11 is 0. The first-order valence-electron chi connectivity index (χ1n) is 7.61. The van der Waals surface area contributed by atoms with Crippen molar-refractivity contribution in [3.05, 3.63) is 77.6 Å². The van der Waals surface area contributed by atoms with Gasteiger partial charge in [-0.3, -0.25) is 0 Å². The van der Waals surface area contributed by atoms with E-state index in [0.717, 1.165) is 12.2 Å². The molecule has 2 heteroatoms. The van der Waals surface area contributed by atoms with Gasteiger partial charge in [-0.1, -0.05) is 36.4 Å². The van der Waals surface area contributed by atoms with Crippen molar-refractivity contribution in [3.63, 3.8) is 0 Å². The molecule has 0 unspecified atom stereocenters. The van der Waals surface area contributed by atoms with Crippen LogP contribution in [0.15, 0.2) is 66.7 Å². The van der Waals surface area contributed by atoms with Crippen LogP contribution in [-0.4, -0.2) is 6.54 Å². The molecule has 0 saturated carbocycles. The van der Waals surface area contributed by atoms with Crippen molar-refractivity contribution >= 4 is 44.1 Å². The van der Waals surface area contributed by atoms with Crippen molar-refractivity contribution in [2.75, 3.05) is 6.54 Å². The van der Waals surface area contributed by atoms with Crippen LogP contribution in [-0.2, 0) is 0 Å². The summed E-state index contributed by atoms with van der Waals surface area (Å²) in [5.41, 5.74) is 2.33. The molecule has 0 spiro atoms. The Labute approximate surface area is 157 Å². The van der Waals surface area contributed by atoms with E-state index in [2.05, 4.69) is 78.1 Å². The number of hydrogen-bond acceptors (Lipinski definition) is 0. The molecule has 0 aromatic heterocycles. The maximum Gasteiger partial charge on any atom is 1.00 e. The molecule has 0 atom stereocenters. The first-order valence-corrected chi connectivity index (χ1v) is 7.61. The number of hydrogen-bond donors (Lipinski definition) is 0. The van der Waals surface area contributed by atoms with Gasteiger partial charge in [0.25, 0.3) is 0 Å². The summed E-state index contributed by atoms with van der Waals surface area (Å²) in [5.74, 6) is 0. The molecule has 1 heterocycles. The minimum atomic E-state index is 0. The second kappa shape index (κ2) is 5.68. The molecule has 1 aliphatic heterocycles. The van der Waals surface area contributed by atoms with Crippen LogP contribution in [0.5, 0.6) is 0 Å². The van der Waals surface area contributed by atoms with Crippen molar-refractivity contribution < 1.29 is 29.6 Å². The molecule has 0 N–H and O–H groups in total. The molecule has 5 rings (SSSR count). The first-order chi connectivity index (χ1) is 10.9. The summed E-state index contributed by atoms with van der Waals surface area (Å²) < 4.78 is 0. The number of fused-ring (bicyclic) bond motifs is 4. The fraction of sp³-hybridized carbons (Fsp3) is 0.0476. The average molecular weight is 303 g/mol. The molecule has 1 nitrogen and oxygen atoms in total. The number of rotatable bonds is 0. The van der Waals surface area contributed by atoms with Gasteiger partial charge in [0, 0.05) is 0 Å². The fourth-order valence-corrected chi connectivity index (χ4v) is 3.35. The van der Waals surface area contributed by atoms with Crippen molar-refractivity contribution in [2.24, 2.45) is 0 Å². The second-order valence-electron chi connectivity index (χ2n) is 5.90. The van der Waals surface area contributed by atoms with Crippen LogP contribution in [0, 0.1) is 0 Å². The normalized spacial score (nSPS) is 12.9. The zero-order chi connectivity index (χ0) is 14.5. The molecular formula is C21H14NNa. The second-order valence-corrected chi connectivity index (χ2v) is 5.90. The maximum absolute atomic E-state index is 4.59. The van der Waals surface area contributed by atoms with Gasteiger partial charge >= 0.3 is 29.6 Å². The van der Waals surface area contributed by atoms with Crippen LogP contribution in [0.4, 0.5) is 5.69 Å². The predicted octanol–water partition coefficient (Wildman–Crippen LogP) is 3.18. The number of benzene rings is 4. The fourth-order valence-electron chi connectivity index (χ4n) is 3.35. The van der Waals surface area contributed by atoms with Crippen molar-refractivity contribution in [3.8, 4) is 0 Å². The molecular weight excluding hydrogens is 289 g/mol. The standard InChI is InChI=1S/C21H14N.Na/c1-2-5-15-9-18-12-20-13-21-16(6-3-7-22-21)10-19(20)11-17(18)8-14(15)4-1;/h1-6,8-13H,7H2;/q-1;+1. The van der Waals surface area contributed by atoms with E-state index in [9.17, 15) is 0 Å². The van der Waals surface area contributed by atoms with Gasteiger partial charge in [-0.15, -0.1) is 18.3 Å². The quantitative estimate of drug-likeness (QED) is 0.350. The molecule has 0 aliphatic carbocycles. The van der Waals surface area contributed by atoms with Crippen LogP contribution < -0.4 is 29.6 Å². The van der Waals surface area contributed by atoms with Gasteiger partial charge in [0.15, 0.2) is 0 Å². The predicted molar refractivity (Wildman–Crippen MR) is 95.9 cm³/mol. The van der Waals surface area contributed by atoms with Gasteiger partial charge in [0.2, 0.25) is 0 Å². The molecule has 23 heavy (non-hydrogen) atoms. The van der Waals surface area contributed by atoms with Gasteiger partial charge < -0.3 is 5.32 Å². The van der Waals surface area contributed by atoms with E-state index in [1.807, 2.05) is 0 Å². The zero-order valence-corrected chi connectivity index (χ0v) is 15.1. The zero-order valence-electron chi connectivity index (χ0n) is 13.1. The summed E-state index contributed by atoms with van der Waals surface area (Å²) in [6.07, 6.45) is 4.29. The monoisotopic (exact) mass is 303 g/mol. The SMILES string of the molecule is C1=Cc2cc3cc4cc5ccccc5cc4cc3cc2[N-]C1.[Na+]. The third kappa shape index (κ3) is 2.46. The minimum absolute atomic E-state index is 0. The largest absolute Gasteiger partial charge is 1.00 e. The Hall–Kier alpha value is -1.80. The van der Waals surface area contributed by atoms with Gasteiger partial charge in [-0.2, -0.15) is 0 Å². The Morgan fingerprint density at radius 1 is 0.652 bits per heavy atom. The van der Waals surface area contributed by atoms with Gasteiger partial charge in [-0.25, -0.2) is 0 Å². The summed E-state index contributed by atoms with van der Waals surface area (Å²) in [4.78, 5) is 0. The summed E-state index contributed by atoms with van der Waals surface area (Å²) in [7, 11) is 0. The summed E-state index contributed by atoms with van der Waals surface area (Å²) in [6, 6.07) is 22.1. The van der Waals surface area contributed by atoms with Gasteiger partial charge in [-0.05, 0) is 68.2 Å². The Bertz CT molecular complexity index is 1080. The van der Waals surface area contributed by atoms with E-state index in [0.29, 0.717) is 0 Å². The van der Waals surface area contributed by atoms with Crippen LogP contribution in [0.1, 0.15) is 5.56 Å². The Morgan fingerprint density at radius 3 is 1.91 bits per heavy atom. The third-order valence-electron chi connectivity index (χ3n) is 4.47. The summed E-state index contributed by atoms with van der Waals surface area (Å²) in [5, 5.41) is 12.3. The average Bonchev–Trinajstić information content (AvgIpc) is 2.56. The third-order valence-corrected chi connectivity index (χ3v) is 4.47. The van der Waals surface area contributed by atoms with Crippen molar-refractivity contribution in [1.82, 2.24) is 0 Å². The van der Waals surface area contributed by atoms with Crippen LogP contribution in [0.3, 0.4) is 0 Å². The van der Waals surface area contributed by atoms with E-state index in [-0.39, 0.29) is 29.6 Å². The molecule has 4 aromatic rings. The van der Waals surface area contributed by atoms with Crippen molar-refractivity contribution in [1.29, 1.82) is 0 Å². The van der Waals surface area contributed by atoms with Crippen LogP contribution >= 0.6 is 0 Å². The smallest absolute Gasteiger partial charge is 0.681 e. The van der Waals surface area contributed by atoms with Crippen LogP contribution in [0.25, 0.3) is 43.7 Å². The van der Waals surface area contributed by atoms with E-state index in [1.165, 1.54) is 37.9 Å². The van der Waals surface area contributed by atoms with E-state index in [1.54, 1.807) is 0 Å². The van der Waals surface area contributed by atoms with E-state index < -0.39 is 0 Å².